The highest BCUT2D eigenvalue weighted by Crippen LogP contribution is 2.32. The molecule has 2 aliphatic rings. The summed E-state index contributed by atoms with van der Waals surface area (Å²) in [5, 5.41) is 5.82. The molecule has 1 amide bonds. The lowest BCUT2D eigenvalue weighted by molar-refractivity contribution is -0.132. The van der Waals surface area contributed by atoms with Gasteiger partial charge in [-0.1, -0.05) is 0 Å². The van der Waals surface area contributed by atoms with Gasteiger partial charge in [-0.05, 0) is 38.8 Å². The Balaban J connectivity index is 2.36. The zero-order chi connectivity index (χ0) is 13.2. The number of hydrogen-bond acceptors (Lipinski definition) is 4. The van der Waals surface area contributed by atoms with Gasteiger partial charge in [0.05, 0.1) is 5.75 Å². The maximum absolute atomic E-state index is 12.2. The lowest BCUT2D eigenvalue weighted by atomic mass is 9.87. The van der Waals surface area contributed by atoms with Crippen LogP contribution in [-0.4, -0.2) is 56.6 Å². The third kappa shape index (κ3) is 2.26. The molecule has 0 aromatic heterocycles. The predicted octanol–water partition coefficient (Wildman–Crippen LogP) is -0.720. The van der Waals surface area contributed by atoms with Crippen LogP contribution in [0.25, 0.3) is 0 Å². The minimum atomic E-state index is -3.29. The number of nitrogens with one attached hydrogen (secondary N) is 2. The van der Waals surface area contributed by atoms with Crippen LogP contribution in [0.4, 0.5) is 0 Å². The van der Waals surface area contributed by atoms with Gasteiger partial charge in [-0.2, -0.15) is 4.31 Å². The summed E-state index contributed by atoms with van der Waals surface area (Å²) in [5.74, 6) is -0.00594. The molecule has 18 heavy (non-hydrogen) atoms. The quantitative estimate of drug-likeness (QED) is 0.697. The molecule has 0 aromatic carbocycles. The van der Waals surface area contributed by atoms with E-state index in [1.165, 1.54) is 4.31 Å². The van der Waals surface area contributed by atoms with Gasteiger partial charge in [0, 0.05) is 13.6 Å². The normalized spacial score (nSPS) is 27.6. The SMILES string of the molecule is CNC(=O)C1(N2CCCCS2(=O)=O)CCNCC1. The Kier molecular flexibility index (Phi) is 3.93. The van der Waals surface area contributed by atoms with Crippen LogP contribution in [0.5, 0.6) is 0 Å². The van der Waals surface area contributed by atoms with E-state index in [0.717, 1.165) is 6.42 Å². The molecule has 0 bridgehead atoms. The van der Waals surface area contributed by atoms with Gasteiger partial charge < -0.3 is 10.6 Å². The highest BCUT2D eigenvalue weighted by atomic mass is 32.2. The zero-order valence-corrected chi connectivity index (χ0v) is 11.6. The third-order valence-corrected chi connectivity index (χ3v) is 5.92. The van der Waals surface area contributed by atoms with Gasteiger partial charge in [0.2, 0.25) is 15.9 Å². The molecule has 0 radical (unpaired) electrons. The second kappa shape index (κ2) is 5.14. The van der Waals surface area contributed by atoms with E-state index < -0.39 is 15.6 Å². The molecule has 2 saturated heterocycles. The molecule has 0 atom stereocenters. The molecule has 0 unspecified atom stereocenters. The van der Waals surface area contributed by atoms with Crippen molar-refractivity contribution in [3.63, 3.8) is 0 Å². The fourth-order valence-electron chi connectivity index (χ4n) is 2.93. The number of amides is 1. The Hall–Kier alpha value is -0.660. The fraction of sp³-hybridized carbons (Fsp3) is 0.909. The first-order valence-electron chi connectivity index (χ1n) is 6.46. The molecular weight excluding hydrogens is 254 g/mol. The third-order valence-electron chi connectivity index (χ3n) is 3.91. The number of carbonyl (C=O) groups is 1. The second-order valence-corrected chi connectivity index (χ2v) is 6.97. The molecule has 104 valence electrons. The van der Waals surface area contributed by atoms with E-state index in [-0.39, 0.29) is 11.7 Å². The molecule has 0 aliphatic carbocycles. The minimum Gasteiger partial charge on any atom is -0.358 e. The smallest absolute Gasteiger partial charge is 0.241 e. The first-order chi connectivity index (χ1) is 8.53. The topological polar surface area (TPSA) is 78.5 Å². The van der Waals surface area contributed by atoms with Crippen molar-refractivity contribution in [2.24, 2.45) is 0 Å². The monoisotopic (exact) mass is 275 g/mol. The highest BCUT2D eigenvalue weighted by molar-refractivity contribution is 7.89. The molecule has 0 aromatic rings. The van der Waals surface area contributed by atoms with Crippen LogP contribution >= 0.6 is 0 Å². The average molecular weight is 275 g/mol. The summed E-state index contributed by atoms with van der Waals surface area (Å²) in [7, 11) is -1.72. The molecular formula is C11H21N3O3S. The Morgan fingerprint density at radius 1 is 1.28 bits per heavy atom. The summed E-state index contributed by atoms with van der Waals surface area (Å²) < 4.78 is 25.9. The van der Waals surface area contributed by atoms with E-state index in [9.17, 15) is 13.2 Å². The number of nitrogens with zero attached hydrogens (tertiary/aromatic N) is 1. The molecule has 2 aliphatic heterocycles. The van der Waals surface area contributed by atoms with Gasteiger partial charge in [-0.15, -0.1) is 0 Å². The number of carbonyl (C=O) groups excluding carboxylic acids is 1. The summed E-state index contributed by atoms with van der Waals surface area (Å²) >= 11 is 0. The van der Waals surface area contributed by atoms with Crippen LogP contribution < -0.4 is 10.6 Å². The van der Waals surface area contributed by atoms with Crippen LogP contribution in [0.1, 0.15) is 25.7 Å². The molecule has 2 N–H and O–H groups in total. The van der Waals surface area contributed by atoms with Gasteiger partial charge in [0.25, 0.3) is 0 Å². The maximum Gasteiger partial charge on any atom is 0.241 e. The summed E-state index contributed by atoms with van der Waals surface area (Å²) in [6.07, 6.45) is 2.63. The molecule has 6 nitrogen and oxygen atoms in total. The van der Waals surface area contributed by atoms with Crippen molar-refractivity contribution in [3.8, 4) is 0 Å². The summed E-state index contributed by atoms with van der Waals surface area (Å²) in [6.45, 7) is 1.83. The van der Waals surface area contributed by atoms with Crippen molar-refractivity contribution in [2.75, 3.05) is 32.4 Å². The molecule has 2 fully saturated rings. The van der Waals surface area contributed by atoms with E-state index in [0.29, 0.717) is 38.9 Å². The predicted molar refractivity (Wildman–Crippen MR) is 68.6 cm³/mol. The average Bonchev–Trinajstić information content (AvgIpc) is 2.38. The van der Waals surface area contributed by atoms with Crippen molar-refractivity contribution in [1.29, 1.82) is 0 Å². The van der Waals surface area contributed by atoms with Crippen LogP contribution in [-0.2, 0) is 14.8 Å². The Morgan fingerprint density at radius 3 is 2.50 bits per heavy atom. The number of likely N-dealkylation sites (N-methyl/N-ethyl adjacent to an activating group) is 1. The van der Waals surface area contributed by atoms with E-state index >= 15 is 0 Å². The lowest BCUT2D eigenvalue weighted by Gasteiger charge is -2.45. The van der Waals surface area contributed by atoms with Gasteiger partial charge in [0.15, 0.2) is 0 Å². The van der Waals surface area contributed by atoms with Crippen molar-refractivity contribution in [2.45, 2.75) is 31.2 Å². The van der Waals surface area contributed by atoms with Crippen LogP contribution in [0.3, 0.4) is 0 Å². The molecule has 0 saturated carbocycles. The van der Waals surface area contributed by atoms with E-state index in [1.807, 2.05) is 0 Å². The van der Waals surface area contributed by atoms with Gasteiger partial charge >= 0.3 is 0 Å². The van der Waals surface area contributed by atoms with Gasteiger partial charge in [-0.3, -0.25) is 4.79 Å². The molecule has 0 spiro atoms. The fourth-order valence-corrected chi connectivity index (χ4v) is 4.93. The van der Waals surface area contributed by atoms with Crippen molar-refractivity contribution < 1.29 is 13.2 Å². The highest BCUT2D eigenvalue weighted by Gasteiger charge is 2.49. The zero-order valence-electron chi connectivity index (χ0n) is 10.7. The molecule has 7 heteroatoms. The maximum atomic E-state index is 12.2. The second-order valence-electron chi connectivity index (χ2n) is 4.96. The number of piperidine rings is 1. The van der Waals surface area contributed by atoms with Gasteiger partial charge in [0.1, 0.15) is 5.54 Å². The van der Waals surface area contributed by atoms with Crippen LogP contribution in [0.15, 0.2) is 0 Å². The summed E-state index contributed by atoms with van der Waals surface area (Å²) in [6, 6.07) is 0. The summed E-state index contributed by atoms with van der Waals surface area (Å²) in [4.78, 5) is 12.2. The van der Waals surface area contributed by atoms with Gasteiger partial charge in [-0.25, -0.2) is 8.42 Å². The van der Waals surface area contributed by atoms with E-state index in [2.05, 4.69) is 10.6 Å². The molecule has 2 heterocycles. The first kappa shape index (κ1) is 13.8. The van der Waals surface area contributed by atoms with Crippen LogP contribution in [0, 0.1) is 0 Å². The standard InChI is InChI=1S/C11H21N3O3S/c1-12-10(15)11(4-6-13-7-5-11)14-8-2-3-9-18(14,16)17/h13H,2-9H2,1H3,(H,12,15). The Morgan fingerprint density at radius 2 is 1.94 bits per heavy atom. The van der Waals surface area contributed by atoms with Crippen molar-refractivity contribution in [3.05, 3.63) is 0 Å². The van der Waals surface area contributed by atoms with Crippen LogP contribution in [0.2, 0.25) is 0 Å². The van der Waals surface area contributed by atoms with Crippen molar-refractivity contribution in [1.82, 2.24) is 14.9 Å². The number of rotatable bonds is 2. The lowest BCUT2D eigenvalue weighted by Crippen LogP contribution is -2.65. The van der Waals surface area contributed by atoms with Crippen molar-refractivity contribution >= 4 is 15.9 Å². The van der Waals surface area contributed by atoms with E-state index in [1.54, 1.807) is 7.05 Å². The number of sulfonamides is 1. The minimum absolute atomic E-state index is 0.166. The molecule has 2 rings (SSSR count). The Bertz CT molecular complexity index is 415. The number of hydrogen-bond donors (Lipinski definition) is 2. The summed E-state index contributed by atoms with van der Waals surface area (Å²) in [5.41, 5.74) is -0.876. The Labute approximate surface area is 108 Å². The largest absolute Gasteiger partial charge is 0.358 e. The first-order valence-corrected chi connectivity index (χ1v) is 8.07. The van der Waals surface area contributed by atoms with E-state index in [4.69, 9.17) is 0 Å².